The summed E-state index contributed by atoms with van der Waals surface area (Å²) in [6.07, 6.45) is 8.21. The zero-order chi connectivity index (χ0) is 23.9. The summed E-state index contributed by atoms with van der Waals surface area (Å²) < 4.78 is 1.68. The Kier molecular flexibility index (Phi) is 5.91. The van der Waals surface area contributed by atoms with Gasteiger partial charge in [-0.1, -0.05) is 42.7 Å². The van der Waals surface area contributed by atoms with Gasteiger partial charge >= 0.3 is 0 Å². The maximum Gasteiger partial charge on any atom is 0.274 e. The van der Waals surface area contributed by atoms with Crippen molar-refractivity contribution < 1.29 is 14.4 Å². The van der Waals surface area contributed by atoms with Gasteiger partial charge < -0.3 is 20.1 Å². The van der Waals surface area contributed by atoms with Gasteiger partial charge in [-0.25, -0.2) is 4.98 Å². The second-order valence-corrected chi connectivity index (χ2v) is 10.2. The fourth-order valence-corrected chi connectivity index (χ4v) is 5.29. The van der Waals surface area contributed by atoms with Crippen LogP contribution in [0.25, 0.3) is 0 Å². The number of aryl methyl sites for hydroxylation is 1. The normalized spacial score (nSPS) is 22.5. The zero-order valence-electron chi connectivity index (χ0n) is 20.0. The van der Waals surface area contributed by atoms with E-state index in [9.17, 15) is 14.4 Å². The van der Waals surface area contributed by atoms with Crippen molar-refractivity contribution in [1.29, 1.82) is 0 Å². The minimum atomic E-state index is -0.992. The molecule has 2 aliphatic carbocycles. The molecule has 3 aliphatic rings. The summed E-state index contributed by atoms with van der Waals surface area (Å²) in [4.78, 5) is 46.0. The van der Waals surface area contributed by atoms with Crippen LogP contribution < -0.4 is 10.6 Å². The number of fused-ring (bicyclic) bond motifs is 1. The number of imidazole rings is 1. The van der Waals surface area contributed by atoms with Crippen molar-refractivity contribution in [2.24, 2.45) is 0 Å². The second kappa shape index (κ2) is 8.89. The molecule has 1 aliphatic heterocycles. The van der Waals surface area contributed by atoms with E-state index in [1.165, 1.54) is 11.9 Å². The van der Waals surface area contributed by atoms with E-state index in [-0.39, 0.29) is 41.2 Å². The van der Waals surface area contributed by atoms with Crippen molar-refractivity contribution in [3.8, 4) is 0 Å². The lowest BCUT2D eigenvalue weighted by atomic mass is 9.93. The third-order valence-corrected chi connectivity index (χ3v) is 7.40. The smallest absolute Gasteiger partial charge is 0.274 e. The molecular weight excluding hydrogens is 430 g/mol. The highest BCUT2D eigenvalue weighted by Crippen LogP contribution is 2.39. The maximum atomic E-state index is 13.7. The molecule has 0 radical (unpaired) electrons. The largest absolute Gasteiger partial charge is 0.351 e. The Bertz CT molecular complexity index is 1100. The Morgan fingerprint density at radius 3 is 2.50 bits per heavy atom. The minimum absolute atomic E-state index is 0.0351. The van der Waals surface area contributed by atoms with Crippen LogP contribution in [0.15, 0.2) is 30.6 Å². The van der Waals surface area contributed by atoms with E-state index in [4.69, 9.17) is 0 Å². The fraction of sp³-hybridized carbons (Fsp3) is 0.538. The van der Waals surface area contributed by atoms with Crippen molar-refractivity contribution in [3.05, 3.63) is 53.1 Å². The summed E-state index contributed by atoms with van der Waals surface area (Å²) in [6.45, 7) is 4.64. The van der Waals surface area contributed by atoms with Crippen molar-refractivity contribution in [3.63, 3.8) is 0 Å². The minimum Gasteiger partial charge on any atom is -0.351 e. The summed E-state index contributed by atoms with van der Waals surface area (Å²) in [5.74, 6) is -0.744. The summed E-state index contributed by atoms with van der Waals surface area (Å²) in [5, 5.41) is 6.09. The van der Waals surface area contributed by atoms with Gasteiger partial charge in [0.25, 0.3) is 11.8 Å². The number of carbonyl (C=O) groups excluding carboxylic acids is 3. The van der Waals surface area contributed by atoms with Crippen LogP contribution in [0.4, 0.5) is 0 Å². The Morgan fingerprint density at radius 1 is 1.12 bits per heavy atom. The van der Waals surface area contributed by atoms with Crippen LogP contribution in [-0.2, 0) is 17.8 Å². The summed E-state index contributed by atoms with van der Waals surface area (Å²) in [7, 11) is 0. The number of rotatable bonds is 7. The third kappa shape index (κ3) is 4.21. The van der Waals surface area contributed by atoms with Crippen molar-refractivity contribution >= 4 is 17.7 Å². The number of carbonyl (C=O) groups is 3. The molecule has 1 aromatic heterocycles. The first-order valence-electron chi connectivity index (χ1n) is 12.4. The van der Waals surface area contributed by atoms with Gasteiger partial charge in [0.1, 0.15) is 11.2 Å². The Balaban J connectivity index is 1.32. The quantitative estimate of drug-likeness (QED) is 0.660. The molecule has 0 spiro atoms. The molecule has 0 bridgehead atoms. The molecule has 2 heterocycles. The molecule has 1 aromatic carbocycles. The number of aromatic nitrogens is 2. The number of hydrogen-bond donors (Lipinski definition) is 2. The fourth-order valence-electron chi connectivity index (χ4n) is 5.29. The molecule has 2 fully saturated rings. The summed E-state index contributed by atoms with van der Waals surface area (Å²) >= 11 is 0. The Morgan fingerprint density at radius 2 is 1.82 bits per heavy atom. The van der Waals surface area contributed by atoms with Crippen LogP contribution in [0.1, 0.15) is 77.6 Å². The van der Waals surface area contributed by atoms with Crippen LogP contribution in [0.2, 0.25) is 0 Å². The standard InChI is InChI=1S/C26H33N5O3/c1-17-7-9-18(10-8-17)13-14-27-23(32)21-22-24(33)31(20-11-12-20)26(2,15-30(22)16-28-21)25(34)29-19-5-3-4-6-19/h7-10,16,19-20H,3-6,11-15H2,1-2H3,(H,27,32)(H,29,34)/t26-/m1/s1. The molecular formula is C26H33N5O3. The highest BCUT2D eigenvalue weighted by atomic mass is 16.2. The number of nitrogens with zero attached hydrogens (tertiary/aromatic N) is 3. The van der Waals surface area contributed by atoms with Crippen LogP contribution >= 0.6 is 0 Å². The van der Waals surface area contributed by atoms with Crippen molar-refractivity contribution in [2.45, 2.75) is 83.0 Å². The van der Waals surface area contributed by atoms with Crippen LogP contribution in [-0.4, -0.2) is 56.3 Å². The first-order valence-corrected chi connectivity index (χ1v) is 12.4. The molecule has 8 nitrogen and oxygen atoms in total. The van der Waals surface area contributed by atoms with Gasteiger partial charge in [0.05, 0.1) is 12.9 Å². The van der Waals surface area contributed by atoms with E-state index in [2.05, 4.69) is 27.8 Å². The first kappa shape index (κ1) is 22.6. The van der Waals surface area contributed by atoms with Gasteiger partial charge in [0, 0.05) is 18.6 Å². The lowest BCUT2D eigenvalue weighted by Crippen LogP contribution is -2.65. The van der Waals surface area contributed by atoms with E-state index in [1.807, 2.05) is 26.0 Å². The number of amides is 3. The number of nitrogens with one attached hydrogen (secondary N) is 2. The van der Waals surface area contributed by atoms with E-state index in [1.54, 1.807) is 9.47 Å². The van der Waals surface area contributed by atoms with Crippen LogP contribution in [0, 0.1) is 6.92 Å². The van der Waals surface area contributed by atoms with Gasteiger partial charge in [-0.05, 0) is 51.5 Å². The average Bonchev–Trinajstić information content (AvgIpc) is 3.32. The molecule has 0 saturated heterocycles. The van der Waals surface area contributed by atoms with Gasteiger partial charge in [-0.2, -0.15) is 0 Å². The molecule has 34 heavy (non-hydrogen) atoms. The summed E-state index contributed by atoms with van der Waals surface area (Å²) in [5.41, 5.74) is 1.76. The molecule has 2 saturated carbocycles. The number of benzene rings is 1. The van der Waals surface area contributed by atoms with E-state index >= 15 is 0 Å². The molecule has 2 N–H and O–H groups in total. The van der Waals surface area contributed by atoms with E-state index in [0.717, 1.165) is 44.1 Å². The van der Waals surface area contributed by atoms with Gasteiger partial charge in [-0.15, -0.1) is 0 Å². The molecule has 180 valence electrons. The van der Waals surface area contributed by atoms with E-state index < -0.39 is 5.54 Å². The average molecular weight is 464 g/mol. The SMILES string of the molecule is Cc1ccc(CCNC(=O)c2ncn3c2C(=O)N(C2CC2)[C@@](C)(C(=O)NC2CCCC2)C3)cc1. The Labute approximate surface area is 200 Å². The molecule has 1 atom stereocenters. The van der Waals surface area contributed by atoms with Crippen LogP contribution in [0.5, 0.6) is 0 Å². The van der Waals surface area contributed by atoms with E-state index in [0.29, 0.717) is 19.5 Å². The third-order valence-electron chi connectivity index (χ3n) is 7.40. The van der Waals surface area contributed by atoms with Gasteiger partial charge in [0.15, 0.2) is 5.69 Å². The predicted octanol–water partition coefficient (Wildman–Crippen LogP) is 2.60. The van der Waals surface area contributed by atoms with Crippen molar-refractivity contribution in [1.82, 2.24) is 25.1 Å². The topological polar surface area (TPSA) is 96.3 Å². The first-order chi connectivity index (χ1) is 16.4. The number of hydrogen-bond acceptors (Lipinski definition) is 4. The van der Waals surface area contributed by atoms with Crippen molar-refractivity contribution in [2.75, 3.05) is 6.54 Å². The van der Waals surface area contributed by atoms with Gasteiger partial charge in [-0.3, -0.25) is 14.4 Å². The lowest BCUT2D eigenvalue weighted by molar-refractivity contribution is -0.134. The highest BCUT2D eigenvalue weighted by molar-refractivity contribution is 6.07. The predicted molar refractivity (Wildman–Crippen MR) is 127 cm³/mol. The van der Waals surface area contributed by atoms with Crippen LogP contribution in [0.3, 0.4) is 0 Å². The lowest BCUT2D eigenvalue weighted by Gasteiger charge is -2.44. The molecule has 3 amide bonds. The molecule has 2 aromatic rings. The Hall–Kier alpha value is -3.16. The van der Waals surface area contributed by atoms with Gasteiger partial charge in [0.2, 0.25) is 5.91 Å². The molecule has 5 rings (SSSR count). The molecule has 8 heteroatoms. The molecule has 0 unspecified atom stereocenters. The second-order valence-electron chi connectivity index (χ2n) is 10.2. The monoisotopic (exact) mass is 463 g/mol. The zero-order valence-corrected chi connectivity index (χ0v) is 20.0. The maximum absolute atomic E-state index is 13.7. The summed E-state index contributed by atoms with van der Waals surface area (Å²) in [6, 6.07) is 8.41. The highest BCUT2D eigenvalue weighted by Gasteiger charge is 2.54.